The molecule has 0 saturated heterocycles. The number of hydrogen-bond donors (Lipinski definition) is 1. The highest BCUT2D eigenvalue weighted by molar-refractivity contribution is 6.21. The fourth-order valence-corrected chi connectivity index (χ4v) is 2.33. The van der Waals surface area contributed by atoms with Crippen LogP contribution in [-0.2, 0) is 13.6 Å². The lowest BCUT2D eigenvalue weighted by Gasteiger charge is -2.12. The lowest BCUT2D eigenvalue weighted by Crippen LogP contribution is -2.29. The molecule has 2 aromatic rings. The number of carbonyl (C=O) groups is 2. The second-order valence-electron chi connectivity index (χ2n) is 4.92. The molecule has 2 heterocycles. The van der Waals surface area contributed by atoms with Gasteiger partial charge in [0.25, 0.3) is 11.8 Å². The number of anilines is 1. The summed E-state index contributed by atoms with van der Waals surface area (Å²) < 4.78 is 1.51. The minimum Gasteiger partial charge on any atom is -0.384 e. The highest BCUT2D eigenvalue weighted by Gasteiger charge is 2.35. The third-order valence-corrected chi connectivity index (χ3v) is 3.52. The molecule has 0 radical (unpaired) electrons. The molecule has 6 heteroatoms. The third-order valence-electron chi connectivity index (χ3n) is 3.52. The van der Waals surface area contributed by atoms with E-state index in [1.54, 1.807) is 25.4 Å². The maximum Gasteiger partial charge on any atom is 0.261 e. The van der Waals surface area contributed by atoms with Gasteiger partial charge in [0, 0.05) is 12.6 Å². The molecular weight excluding hydrogens is 256 g/mol. The molecule has 0 saturated carbocycles. The monoisotopic (exact) mass is 270 g/mol. The van der Waals surface area contributed by atoms with Crippen LogP contribution >= 0.6 is 0 Å². The smallest absolute Gasteiger partial charge is 0.261 e. The number of hydrogen-bond acceptors (Lipinski definition) is 4. The first-order valence-electron chi connectivity index (χ1n) is 6.22. The molecule has 0 bridgehead atoms. The molecule has 1 aliphatic rings. The van der Waals surface area contributed by atoms with Crippen molar-refractivity contribution in [2.24, 2.45) is 7.05 Å². The summed E-state index contributed by atoms with van der Waals surface area (Å²) in [5.74, 6) is -0.108. The first-order chi connectivity index (χ1) is 9.49. The normalized spacial score (nSPS) is 14.0. The van der Waals surface area contributed by atoms with Crippen molar-refractivity contribution in [3.8, 4) is 0 Å². The fourth-order valence-electron chi connectivity index (χ4n) is 2.33. The highest BCUT2D eigenvalue weighted by Crippen LogP contribution is 2.26. The molecule has 1 aromatic heterocycles. The summed E-state index contributed by atoms with van der Waals surface area (Å²) in [7, 11) is 1.71. The Kier molecular flexibility index (Phi) is 2.60. The average Bonchev–Trinajstić information content (AvgIpc) is 2.85. The van der Waals surface area contributed by atoms with Gasteiger partial charge in [-0.15, -0.1) is 0 Å². The van der Waals surface area contributed by atoms with Crippen molar-refractivity contribution in [3.63, 3.8) is 0 Å². The zero-order chi connectivity index (χ0) is 14.4. The van der Waals surface area contributed by atoms with Gasteiger partial charge in [0.1, 0.15) is 5.82 Å². The van der Waals surface area contributed by atoms with Crippen molar-refractivity contribution in [2.45, 2.75) is 13.5 Å². The van der Waals surface area contributed by atoms with Crippen LogP contribution < -0.4 is 5.73 Å². The summed E-state index contributed by atoms with van der Waals surface area (Å²) >= 11 is 0. The Morgan fingerprint density at radius 2 is 1.90 bits per heavy atom. The van der Waals surface area contributed by atoms with Gasteiger partial charge >= 0.3 is 0 Å². The molecule has 0 aliphatic carbocycles. The van der Waals surface area contributed by atoms with Crippen LogP contribution in [0.4, 0.5) is 5.82 Å². The molecular formula is C14H14N4O2. The summed E-state index contributed by atoms with van der Waals surface area (Å²) in [4.78, 5) is 25.8. The number of fused-ring (bicyclic) bond motifs is 1. The number of benzene rings is 1. The van der Waals surface area contributed by atoms with E-state index in [4.69, 9.17) is 5.73 Å². The molecule has 0 spiro atoms. The third kappa shape index (κ3) is 1.69. The van der Waals surface area contributed by atoms with Crippen LogP contribution in [0.1, 0.15) is 31.8 Å². The molecule has 1 aliphatic heterocycles. The molecule has 6 nitrogen and oxygen atoms in total. The number of amides is 2. The van der Waals surface area contributed by atoms with E-state index in [9.17, 15) is 9.59 Å². The van der Waals surface area contributed by atoms with E-state index >= 15 is 0 Å². The Morgan fingerprint density at radius 3 is 2.55 bits per heavy atom. The second-order valence-corrected chi connectivity index (χ2v) is 4.92. The topological polar surface area (TPSA) is 81.2 Å². The van der Waals surface area contributed by atoms with Crippen LogP contribution in [0.2, 0.25) is 0 Å². The SMILES string of the molecule is Cc1ccc2c(c1)C(=O)N(Cc1cnn(C)c1N)C2=O. The quantitative estimate of drug-likeness (QED) is 0.829. The fraction of sp³-hybridized carbons (Fsp3) is 0.214. The number of imide groups is 1. The predicted molar refractivity (Wildman–Crippen MR) is 73.0 cm³/mol. The van der Waals surface area contributed by atoms with E-state index < -0.39 is 0 Å². The van der Waals surface area contributed by atoms with Crippen LogP contribution in [-0.4, -0.2) is 26.5 Å². The van der Waals surface area contributed by atoms with E-state index in [0.29, 0.717) is 22.5 Å². The summed E-state index contributed by atoms with van der Waals surface area (Å²) in [6.07, 6.45) is 1.57. The zero-order valence-electron chi connectivity index (χ0n) is 11.3. The van der Waals surface area contributed by atoms with Crippen molar-refractivity contribution in [2.75, 3.05) is 5.73 Å². The van der Waals surface area contributed by atoms with Gasteiger partial charge in [0.05, 0.1) is 23.9 Å². The first-order valence-corrected chi connectivity index (χ1v) is 6.22. The second kappa shape index (κ2) is 4.19. The summed E-state index contributed by atoms with van der Waals surface area (Å²) in [5, 5.41) is 4.01. The van der Waals surface area contributed by atoms with Crippen molar-refractivity contribution < 1.29 is 9.59 Å². The Bertz CT molecular complexity index is 733. The van der Waals surface area contributed by atoms with E-state index in [1.807, 2.05) is 13.0 Å². The van der Waals surface area contributed by atoms with Crippen LogP contribution in [0.5, 0.6) is 0 Å². The molecule has 102 valence electrons. The number of nitrogen functional groups attached to an aromatic ring is 1. The number of aryl methyl sites for hydroxylation is 2. The number of carbonyl (C=O) groups excluding carboxylic acids is 2. The first kappa shape index (κ1) is 12.4. The zero-order valence-corrected chi connectivity index (χ0v) is 11.3. The van der Waals surface area contributed by atoms with Crippen LogP contribution in [0, 0.1) is 6.92 Å². The summed E-state index contributed by atoms with van der Waals surface area (Å²) in [6.45, 7) is 2.03. The van der Waals surface area contributed by atoms with Gasteiger partial charge in [-0.05, 0) is 19.1 Å². The maximum absolute atomic E-state index is 12.3. The Hall–Kier alpha value is -2.63. The van der Waals surface area contributed by atoms with E-state index in [-0.39, 0.29) is 18.4 Å². The predicted octanol–water partition coefficient (Wildman–Crippen LogP) is 1.11. The van der Waals surface area contributed by atoms with Gasteiger partial charge in [-0.2, -0.15) is 5.10 Å². The molecule has 3 rings (SSSR count). The number of nitrogens with zero attached hydrogens (tertiary/aromatic N) is 3. The Morgan fingerprint density at radius 1 is 1.20 bits per heavy atom. The van der Waals surface area contributed by atoms with Gasteiger partial charge in [-0.1, -0.05) is 11.6 Å². The molecule has 20 heavy (non-hydrogen) atoms. The molecule has 2 N–H and O–H groups in total. The molecule has 0 fully saturated rings. The van der Waals surface area contributed by atoms with E-state index in [0.717, 1.165) is 5.56 Å². The van der Waals surface area contributed by atoms with Crippen molar-refractivity contribution in [3.05, 3.63) is 46.6 Å². The molecule has 2 amide bonds. The van der Waals surface area contributed by atoms with Gasteiger partial charge in [-0.25, -0.2) is 0 Å². The maximum atomic E-state index is 12.3. The van der Waals surface area contributed by atoms with Crippen molar-refractivity contribution in [1.29, 1.82) is 0 Å². The number of aromatic nitrogens is 2. The van der Waals surface area contributed by atoms with Gasteiger partial charge < -0.3 is 5.73 Å². The summed E-state index contributed by atoms with van der Waals surface area (Å²) in [6, 6.07) is 5.26. The van der Waals surface area contributed by atoms with Gasteiger partial charge in [0.2, 0.25) is 0 Å². The average molecular weight is 270 g/mol. The Labute approximate surface area is 115 Å². The van der Waals surface area contributed by atoms with Gasteiger partial charge in [-0.3, -0.25) is 19.2 Å². The van der Waals surface area contributed by atoms with Crippen LogP contribution in [0.15, 0.2) is 24.4 Å². The van der Waals surface area contributed by atoms with Gasteiger partial charge in [0.15, 0.2) is 0 Å². The van der Waals surface area contributed by atoms with Crippen LogP contribution in [0.3, 0.4) is 0 Å². The minimum absolute atomic E-state index is 0.144. The standard InChI is InChI=1S/C14H14N4O2/c1-8-3-4-10-11(5-8)14(20)18(13(10)19)7-9-6-16-17(2)12(9)15/h3-6H,7,15H2,1-2H3. The number of nitrogens with two attached hydrogens (primary N) is 1. The molecule has 1 aromatic carbocycles. The lowest BCUT2D eigenvalue weighted by atomic mass is 10.1. The van der Waals surface area contributed by atoms with E-state index in [2.05, 4.69) is 5.10 Å². The van der Waals surface area contributed by atoms with Crippen LogP contribution in [0.25, 0.3) is 0 Å². The van der Waals surface area contributed by atoms with E-state index in [1.165, 1.54) is 9.58 Å². The van der Waals surface area contributed by atoms with Crippen molar-refractivity contribution in [1.82, 2.24) is 14.7 Å². The highest BCUT2D eigenvalue weighted by atomic mass is 16.2. The summed E-state index contributed by atoms with van der Waals surface area (Å²) in [5.41, 5.74) is 8.37. The molecule has 0 unspecified atom stereocenters. The number of rotatable bonds is 2. The molecule has 0 atom stereocenters. The largest absolute Gasteiger partial charge is 0.384 e. The lowest BCUT2D eigenvalue weighted by molar-refractivity contribution is 0.0642. The Balaban J connectivity index is 1.96. The van der Waals surface area contributed by atoms with Crippen molar-refractivity contribution >= 4 is 17.6 Å². The minimum atomic E-state index is -0.284.